The van der Waals surface area contributed by atoms with Crippen molar-refractivity contribution in [3.05, 3.63) is 271 Å². The highest BCUT2D eigenvalue weighted by Crippen LogP contribution is 2.51. The molecular weight excluding hydrogens is 847 g/mol. The molecule has 0 spiro atoms. The zero-order valence-electron chi connectivity index (χ0n) is 40.4. The molecule has 2 aliphatic carbocycles. The summed E-state index contributed by atoms with van der Waals surface area (Å²) in [7, 11) is 0. The lowest BCUT2D eigenvalue weighted by Gasteiger charge is -2.29. The lowest BCUT2D eigenvalue weighted by molar-refractivity contribution is 0.660. The van der Waals surface area contributed by atoms with Gasteiger partial charge in [0.05, 0.1) is 11.0 Å². The highest BCUT2D eigenvalue weighted by atomic mass is 15.2. The van der Waals surface area contributed by atoms with Crippen molar-refractivity contribution in [2.75, 3.05) is 10.2 Å². The van der Waals surface area contributed by atoms with Gasteiger partial charge in [-0.15, -0.1) is 0 Å². The van der Waals surface area contributed by atoms with E-state index in [0.29, 0.717) is 5.92 Å². The lowest BCUT2D eigenvalue weighted by Crippen LogP contribution is -2.21. The van der Waals surface area contributed by atoms with Crippen molar-refractivity contribution in [2.45, 2.75) is 39.5 Å². The SMILES string of the molecule is C=C/C=C(\C=C/C)N(C1=CC(C)CC=C1)c1ccc(\C=C/C(=C\C=C\Nc2ccc3c(c2)C(C)(C)c2cc(-n4c5ccc6ccccc6c5c5c6ccccc6ccc54)ccc2-3)c2ccccc2)cc1. The Labute approximate surface area is 412 Å². The van der Waals surface area contributed by atoms with Gasteiger partial charge in [0.25, 0.3) is 0 Å². The summed E-state index contributed by atoms with van der Waals surface area (Å²) < 4.78 is 2.48. The average molecular weight is 904 g/mol. The number of nitrogens with one attached hydrogen (secondary N) is 1. The molecule has 1 unspecified atom stereocenters. The molecule has 1 N–H and O–H groups in total. The van der Waals surface area contributed by atoms with Crippen LogP contribution in [0.2, 0.25) is 0 Å². The van der Waals surface area contributed by atoms with E-state index in [9.17, 15) is 0 Å². The van der Waals surface area contributed by atoms with Gasteiger partial charge in [-0.3, -0.25) is 0 Å². The molecule has 9 aromatic rings. The van der Waals surface area contributed by atoms with Gasteiger partial charge < -0.3 is 14.8 Å². The monoisotopic (exact) mass is 903 g/mol. The fourth-order valence-corrected chi connectivity index (χ4v) is 10.8. The van der Waals surface area contributed by atoms with Gasteiger partial charge >= 0.3 is 0 Å². The predicted molar refractivity (Wildman–Crippen MR) is 303 cm³/mol. The Morgan fingerprint density at radius 2 is 1.36 bits per heavy atom. The first-order chi connectivity index (χ1) is 34.3. The predicted octanol–water partition coefficient (Wildman–Crippen LogP) is 18.1. The van der Waals surface area contributed by atoms with E-state index in [1.807, 2.05) is 12.3 Å². The van der Waals surface area contributed by atoms with Gasteiger partial charge in [-0.25, -0.2) is 0 Å². The second-order valence-electron chi connectivity index (χ2n) is 19.1. The van der Waals surface area contributed by atoms with E-state index in [1.165, 1.54) is 77.0 Å². The second-order valence-corrected chi connectivity index (χ2v) is 19.1. The minimum atomic E-state index is -0.207. The standard InChI is InChI=1S/C67H57N3/c1-6-17-53(18-7-2)69(55-25-15-19-46(3)43-55)54-35-29-47(30-36-54)28-31-49(48-20-9-8-10-21-48)24-16-42-68-52-34-38-59-60-39-37-56(45-62(60)67(4,5)61(59)44-52)70-63-40-32-50-22-11-13-26-57(50)65(63)66-58-27-14-12-23-51(58)33-41-64(66)70/h6-18,20-46,68H,1,19H2,2-5H3/b18-7-,31-28-,42-16+,49-24+,53-17+. The fourth-order valence-electron chi connectivity index (χ4n) is 10.8. The Morgan fingerprint density at radius 1 is 0.700 bits per heavy atom. The van der Waals surface area contributed by atoms with Crippen LogP contribution in [-0.4, -0.2) is 4.57 Å². The number of benzene rings is 8. The van der Waals surface area contributed by atoms with Gasteiger partial charge in [-0.2, -0.15) is 0 Å². The summed E-state index contributed by atoms with van der Waals surface area (Å²) in [6.07, 6.45) is 26.8. The highest BCUT2D eigenvalue weighted by molar-refractivity contribution is 6.28. The molecule has 0 bridgehead atoms. The summed E-state index contributed by atoms with van der Waals surface area (Å²) in [5.74, 6) is 0.476. The fraction of sp³-hybridized carbons (Fsp3) is 0.104. The van der Waals surface area contributed by atoms with E-state index < -0.39 is 0 Å². The van der Waals surface area contributed by atoms with Crippen LogP contribution in [-0.2, 0) is 5.41 Å². The van der Waals surface area contributed by atoms with Gasteiger partial charge in [0.1, 0.15) is 0 Å². The highest BCUT2D eigenvalue weighted by Gasteiger charge is 2.36. The number of anilines is 2. The largest absolute Gasteiger partial charge is 0.362 e. The van der Waals surface area contributed by atoms with Crippen LogP contribution in [0.3, 0.4) is 0 Å². The molecule has 2 aliphatic rings. The first kappa shape index (κ1) is 44.1. The van der Waals surface area contributed by atoms with Gasteiger partial charge in [0, 0.05) is 50.8 Å². The number of rotatable bonds is 12. The molecule has 11 rings (SSSR count). The third kappa shape index (κ3) is 8.03. The topological polar surface area (TPSA) is 20.2 Å². The molecule has 1 aromatic heterocycles. The zero-order valence-corrected chi connectivity index (χ0v) is 40.4. The van der Waals surface area contributed by atoms with Crippen LogP contribution in [0.4, 0.5) is 11.4 Å². The summed E-state index contributed by atoms with van der Waals surface area (Å²) in [6, 6.07) is 60.0. The number of hydrogen-bond acceptors (Lipinski definition) is 2. The normalized spacial score (nSPS) is 15.7. The maximum absolute atomic E-state index is 4.00. The summed E-state index contributed by atoms with van der Waals surface area (Å²) in [6.45, 7) is 13.1. The van der Waals surface area contributed by atoms with Gasteiger partial charge in [0.15, 0.2) is 0 Å². The minimum absolute atomic E-state index is 0.207. The molecule has 0 aliphatic heterocycles. The molecule has 8 aromatic carbocycles. The van der Waals surface area contributed by atoms with E-state index in [2.05, 4.69) is 274 Å². The third-order valence-corrected chi connectivity index (χ3v) is 14.2. The Morgan fingerprint density at radius 3 is 2.03 bits per heavy atom. The average Bonchev–Trinajstić information content (AvgIpc) is 3.85. The van der Waals surface area contributed by atoms with E-state index in [1.54, 1.807) is 0 Å². The second kappa shape index (κ2) is 18.6. The summed E-state index contributed by atoms with van der Waals surface area (Å²) in [4.78, 5) is 2.31. The maximum atomic E-state index is 4.00. The van der Waals surface area contributed by atoms with Crippen molar-refractivity contribution < 1.29 is 0 Å². The number of aromatic nitrogens is 1. The number of hydrogen-bond donors (Lipinski definition) is 1. The molecule has 3 heteroatoms. The van der Waals surface area contributed by atoms with Gasteiger partial charge in [-0.05, 0) is 153 Å². The van der Waals surface area contributed by atoms with E-state index in [4.69, 9.17) is 0 Å². The smallest absolute Gasteiger partial charge is 0.0547 e. The van der Waals surface area contributed by atoms with Crippen LogP contribution in [0.15, 0.2) is 249 Å². The Hall–Kier alpha value is -8.40. The van der Waals surface area contributed by atoms with Crippen LogP contribution in [0.1, 0.15) is 56.4 Å². The van der Waals surface area contributed by atoms with Gasteiger partial charge in [0.2, 0.25) is 0 Å². The molecule has 0 saturated heterocycles. The molecule has 0 amide bonds. The molecule has 1 heterocycles. The Bertz CT molecular complexity index is 3620. The molecule has 0 radical (unpaired) electrons. The van der Waals surface area contributed by atoms with Crippen molar-refractivity contribution in [3.8, 4) is 16.8 Å². The Kier molecular flexibility index (Phi) is 11.7. The van der Waals surface area contributed by atoms with Crippen LogP contribution in [0.5, 0.6) is 0 Å². The van der Waals surface area contributed by atoms with E-state index in [0.717, 1.165) is 40.2 Å². The third-order valence-electron chi connectivity index (χ3n) is 14.2. The first-order valence-corrected chi connectivity index (χ1v) is 24.5. The number of nitrogens with zero attached hydrogens (tertiary/aromatic N) is 2. The van der Waals surface area contributed by atoms with Gasteiger partial charge in [-0.1, -0.05) is 185 Å². The van der Waals surface area contributed by atoms with Crippen molar-refractivity contribution in [3.63, 3.8) is 0 Å². The summed E-state index contributed by atoms with van der Waals surface area (Å²) in [5, 5.41) is 11.3. The van der Waals surface area contributed by atoms with Crippen LogP contribution in [0, 0.1) is 5.92 Å². The van der Waals surface area contributed by atoms with Crippen molar-refractivity contribution in [1.29, 1.82) is 0 Å². The first-order valence-electron chi connectivity index (χ1n) is 24.5. The summed E-state index contributed by atoms with van der Waals surface area (Å²) >= 11 is 0. The van der Waals surface area contributed by atoms with E-state index in [-0.39, 0.29) is 5.41 Å². The molecule has 0 fully saturated rings. The summed E-state index contributed by atoms with van der Waals surface area (Å²) in [5.41, 5.74) is 16.5. The van der Waals surface area contributed by atoms with Crippen molar-refractivity contribution in [2.24, 2.45) is 5.92 Å². The number of fused-ring (bicyclic) bond motifs is 10. The van der Waals surface area contributed by atoms with Crippen LogP contribution < -0.4 is 10.2 Å². The molecule has 1 atom stereocenters. The van der Waals surface area contributed by atoms with E-state index >= 15 is 0 Å². The van der Waals surface area contributed by atoms with Crippen LogP contribution >= 0.6 is 0 Å². The molecule has 340 valence electrons. The molecule has 0 saturated carbocycles. The lowest BCUT2D eigenvalue weighted by atomic mass is 9.82. The minimum Gasteiger partial charge on any atom is -0.362 e. The molecule has 70 heavy (non-hydrogen) atoms. The quantitative estimate of drug-likeness (QED) is 0.123. The molecular formula is C67H57N3. The molecule has 3 nitrogen and oxygen atoms in total. The van der Waals surface area contributed by atoms with Crippen molar-refractivity contribution >= 4 is 66.4 Å². The Balaban J connectivity index is 0.864. The van der Waals surface area contributed by atoms with Crippen LogP contribution in [0.25, 0.3) is 71.8 Å². The zero-order chi connectivity index (χ0) is 47.8. The van der Waals surface area contributed by atoms with Crippen molar-refractivity contribution in [1.82, 2.24) is 4.57 Å². The maximum Gasteiger partial charge on any atom is 0.0547 e. The number of allylic oxidation sites excluding steroid dienone is 11.